The van der Waals surface area contributed by atoms with Gasteiger partial charge in [0.15, 0.2) is 0 Å². The summed E-state index contributed by atoms with van der Waals surface area (Å²) < 4.78 is 0. The molecule has 1 unspecified atom stereocenters. The van der Waals surface area contributed by atoms with Crippen molar-refractivity contribution < 1.29 is 4.79 Å². The summed E-state index contributed by atoms with van der Waals surface area (Å²) in [6.07, 6.45) is 3.45. The molecule has 1 saturated carbocycles. The normalized spacial score (nSPS) is 16.8. The van der Waals surface area contributed by atoms with Gasteiger partial charge in [0.25, 0.3) is 0 Å². The summed E-state index contributed by atoms with van der Waals surface area (Å²) in [6.45, 7) is 1.93. The Morgan fingerprint density at radius 3 is 2.78 bits per heavy atom. The van der Waals surface area contributed by atoms with E-state index in [1.165, 1.54) is 6.42 Å². The average Bonchev–Trinajstić information content (AvgIpc) is 2.26. The molecule has 0 radical (unpaired) electrons. The van der Waals surface area contributed by atoms with E-state index in [1.807, 2.05) is 38.2 Å². The topological polar surface area (TPSA) is 58.4 Å². The lowest BCUT2D eigenvalue weighted by Gasteiger charge is -2.34. The number of nitrogens with zero attached hydrogens (tertiary/aromatic N) is 1. The minimum Gasteiger partial charge on any atom is -0.325 e. The van der Waals surface area contributed by atoms with Crippen LogP contribution in [0.25, 0.3) is 0 Å². The molecule has 1 aliphatic rings. The van der Waals surface area contributed by atoms with Crippen LogP contribution in [-0.4, -0.2) is 24.0 Å². The van der Waals surface area contributed by atoms with Gasteiger partial charge in [-0.3, -0.25) is 0 Å². The summed E-state index contributed by atoms with van der Waals surface area (Å²) in [4.78, 5) is 13.8. The van der Waals surface area contributed by atoms with Crippen LogP contribution in [-0.2, 0) is 0 Å². The smallest absolute Gasteiger partial charge is 0.321 e. The molecule has 1 aromatic rings. The molecule has 3 N–H and O–H groups in total. The van der Waals surface area contributed by atoms with Gasteiger partial charge in [-0.1, -0.05) is 12.1 Å². The molecule has 0 aliphatic heterocycles. The number of carbonyl (C=O) groups excluding carboxylic acids is 1. The van der Waals surface area contributed by atoms with Crippen molar-refractivity contribution in [3.05, 3.63) is 29.8 Å². The predicted octanol–water partition coefficient (Wildman–Crippen LogP) is 2.72. The van der Waals surface area contributed by atoms with Gasteiger partial charge < -0.3 is 16.0 Å². The van der Waals surface area contributed by atoms with E-state index >= 15 is 0 Å². The molecule has 0 saturated heterocycles. The average molecular weight is 247 g/mol. The maximum absolute atomic E-state index is 12.0. The molecule has 1 atom stereocenters. The Hall–Kier alpha value is -1.55. The van der Waals surface area contributed by atoms with E-state index in [-0.39, 0.29) is 12.1 Å². The van der Waals surface area contributed by atoms with Gasteiger partial charge in [0.05, 0.1) is 0 Å². The molecule has 2 amide bonds. The SMILES string of the molecule is CC(N)c1cccc(NC(=O)N(C)C2CCC2)c1. The van der Waals surface area contributed by atoms with E-state index in [0.29, 0.717) is 6.04 Å². The lowest BCUT2D eigenvalue weighted by molar-refractivity contribution is 0.169. The van der Waals surface area contributed by atoms with Gasteiger partial charge in [0.2, 0.25) is 0 Å². The molecule has 4 heteroatoms. The number of rotatable bonds is 3. The molecule has 0 spiro atoms. The molecular formula is C14H21N3O. The Morgan fingerprint density at radius 2 is 2.22 bits per heavy atom. The summed E-state index contributed by atoms with van der Waals surface area (Å²) in [5.41, 5.74) is 7.66. The molecular weight excluding hydrogens is 226 g/mol. The monoisotopic (exact) mass is 247 g/mol. The first kappa shape index (κ1) is 12.9. The van der Waals surface area contributed by atoms with E-state index in [2.05, 4.69) is 5.32 Å². The van der Waals surface area contributed by atoms with Crippen molar-refractivity contribution in [1.82, 2.24) is 4.90 Å². The van der Waals surface area contributed by atoms with Crippen LogP contribution in [0.3, 0.4) is 0 Å². The Kier molecular flexibility index (Phi) is 3.87. The first-order valence-corrected chi connectivity index (χ1v) is 6.47. The molecule has 2 rings (SSSR count). The first-order chi connectivity index (χ1) is 8.58. The maximum atomic E-state index is 12.0. The van der Waals surface area contributed by atoms with Gasteiger partial charge in [0.1, 0.15) is 0 Å². The Bertz CT molecular complexity index is 427. The van der Waals surface area contributed by atoms with Gasteiger partial charge in [0, 0.05) is 24.8 Å². The number of hydrogen-bond donors (Lipinski definition) is 2. The van der Waals surface area contributed by atoms with Crippen molar-refractivity contribution in [2.75, 3.05) is 12.4 Å². The van der Waals surface area contributed by atoms with Crippen LogP contribution in [0.15, 0.2) is 24.3 Å². The van der Waals surface area contributed by atoms with Crippen molar-refractivity contribution >= 4 is 11.7 Å². The van der Waals surface area contributed by atoms with Crippen LogP contribution in [0, 0.1) is 0 Å². The van der Waals surface area contributed by atoms with Crippen molar-refractivity contribution in [2.24, 2.45) is 5.73 Å². The van der Waals surface area contributed by atoms with E-state index in [1.54, 1.807) is 4.90 Å². The highest BCUT2D eigenvalue weighted by molar-refractivity contribution is 5.89. The van der Waals surface area contributed by atoms with Crippen molar-refractivity contribution in [3.63, 3.8) is 0 Å². The summed E-state index contributed by atoms with van der Waals surface area (Å²) in [5.74, 6) is 0. The fourth-order valence-corrected chi connectivity index (χ4v) is 2.05. The zero-order valence-electron chi connectivity index (χ0n) is 11.0. The van der Waals surface area contributed by atoms with Gasteiger partial charge in [-0.05, 0) is 43.9 Å². The van der Waals surface area contributed by atoms with Gasteiger partial charge >= 0.3 is 6.03 Å². The number of amides is 2. The van der Waals surface area contributed by atoms with E-state index in [0.717, 1.165) is 24.1 Å². The summed E-state index contributed by atoms with van der Waals surface area (Å²) >= 11 is 0. The third-order valence-electron chi connectivity index (χ3n) is 3.61. The third-order valence-corrected chi connectivity index (χ3v) is 3.61. The third kappa shape index (κ3) is 2.82. The number of nitrogens with two attached hydrogens (primary N) is 1. The van der Waals surface area contributed by atoms with E-state index in [4.69, 9.17) is 5.73 Å². The zero-order valence-corrected chi connectivity index (χ0v) is 11.0. The summed E-state index contributed by atoms with van der Waals surface area (Å²) in [5, 5.41) is 2.92. The first-order valence-electron chi connectivity index (χ1n) is 6.47. The quantitative estimate of drug-likeness (QED) is 0.862. The van der Waals surface area contributed by atoms with E-state index < -0.39 is 0 Å². The second kappa shape index (κ2) is 5.40. The number of benzene rings is 1. The summed E-state index contributed by atoms with van der Waals surface area (Å²) in [6, 6.07) is 8.04. The van der Waals surface area contributed by atoms with Crippen molar-refractivity contribution in [2.45, 2.75) is 38.3 Å². The Balaban J connectivity index is 1.99. The largest absolute Gasteiger partial charge is 0.325 e. The van der Waals surface area contributed by atoms with Crippen molar-refractivity contribution in [3.8, 4) is 0 Å². The second-order valence-electron chi connectivity index (χ2n) is 5.04. The standard InChI is InChI=1S/C14H21N3O/c1-10(15)11-5-3-6-12(9-11)16-14(18)17(2)13-7-4-8-13/h3,5-6,9-10,13H,4,7-8,15H2,1-2H3,(H,16,18). The lowest BCUT2D eigenvalue weighted by Crippen LogP contribution is -2.43. The van der Waals surface area contributed by atoms with Crippen LogP contribution >= 0.6 is 0 Å². The molecule has 18 heavy (non-hydrogen) atoms. The zero-order chi connectivity index (χ0) is 13.1. The molecule has 4 nitrogen and oxygen atoms in total. The minimum absolute atomic E-state index is 0.0220. The van der Waals surface area contributed by atoms with Crippen LogP contribution in [0.2, 0.25) is 0 Å². The van der Waals surface area contributed by atoms with E-state index in [9.17, 15) is 4.79 Å². The molecule has 1 aromatic carbocycles. The van der Waals surface area contributed by atoms with Crippen LogP contribution in [0.4, 0.5) is 10.5 Å². The van der Waals surface area contributed by atoms with Crippen molar-refractivity contribution in [1.29, 1.82) is 0 Å². The second-order valence-corrected chi connectivity index (χ2v) is 5.04. The van der Waals surface area contributed by atoms with Gasteiger partial charge in [-0.25, -0.2) is 4.79 Å². The lowest BCUT2D eigenvalue weighted by atomic mass is 9.92. The molecule has 0 aromatic heterocycles. The Morgan fingerprint density at radius 1 is 1.50 bits per heavy atom. The Labute approximate surface area is 108 Å². The van der Waals surface area contributed by atoms with Gasteiger partial charge in [-0.15, -0.1) is 0 Å². The molecule has 1 aliphatic carbocycles. The number of nitrogens with one attached hydrogen (secondary N) is 1. The number of anilines is 1. The fraction of sp³-hybridized carbons (Fsp3) is 0.500. The molecule has 0 bridgehead atoms. The number of carbonyl (C=O) groups is 1. The highest BCUT2D eigenvalue weighted by atomic mass is 16.2. The van der Waals surface area contributed by atoms with Crippen LogP contribution in [0.5, 0.6) is 0 Å². The predicted molar refractivity (Wildman–Crippen MR) is 73.5 cm³/mol. The fourth-order valence-electron chi connectivity index (χ4n) is 2.05. The molecule has 0 heterocycles. The molecule has 1 fully saturated rings. The minimum atomic E-state index is -0.0403. The molecule has 98 valence electrons. The van der Waals surface area contributed by atoms with Crippen LogP contribution in [0.1, 0.15) is 37.8 Å². The number of hydrogen-bond acceptors (Lipinski definition) is 2. The number of urea groups is 1. The highest BCUT2D eigenvalue weighted by Crippen LogP contribution is 2.24. The van der Waals surface area contributed by atoms with Crippen LogP contribution < -0.4 is 11.1 Å². The maximum Gasteiger partial charge on any atom is 0.321 e. The summed E-state index contributed by atoms with van der Waals surface area (Å²) in [7, 11) is 1.86. The highest BCUT2D eigenvalue weighted by Gasteiger charge is 2.25. The van der Waals surface area contributed by atoms with Gasteiger partial charge in [-0.2, -0.15) is 0 Å².